The fraction of sp³-hybridized carbons (Fsp3) is 0.286. The van der Waals surface area contributed by atoms with Crippen LogP contribution in [-0.2, 0) is 19.5 Å². The van der Waals surface area contributed by atoms with Gasteiger partial charge in [0.1, 0.15) is 5.75 Å². The Balaban J connectivity index is 1.41. The Morgan fingerprint density at radius 3 is 2.76 bits per heavy atom. The van der Waals surface area contributed by atoms with E-state index in [9.17, 15) is 0 Å². The van der Waals surface area contributed by atoms with Gasteiger partial charge >= 0.3 is 0 Å². The predicted octanol–water partition coefficient (Wildman–Crippen LogP) is 3.75. The average Bonchev–Trinajstić information content (AvgIpc) is 3.24. The number of aromatic nitrogens is 2. The van der Waals surface area contributed by atoms with Crippen LogP contribution in [0.25, 0.3) is 5.69 Å². The van der Waals surface area contributed by atoms with E-state index in [1.165, 1.54) is 16.7 Å². The van der Waals surface area contributed by atoms with E-state index in [-0.39, 0.29) is 0 Å². The minimum absolute atomic E-state index is 0.811. The lowest BCUT2D eigenvalue weighted by molar-refractivity contribution is 0.314. The van der Waals surface area contributed by atoms with Gasteiger partial charge < -0.3 is 4.74 Å². The minimum Gasteiger partial charge on any atom is -0.493 e. The quantitative estimate of drug-likeness (QED) is 0.712. The summed E-state index contributed by atoms with van der Waals surface area (Å²) in [5.74, 6) is 1.04. The van der Waals surface area contributed by atoms with Gasteiger partial charge in [-0.1, -0.05) is 29.8 Å². The van der Waals surface area contributed by atoms with Crippen LogP contribution >= 0.6 is 0 Å². The van der Waals surface area contributed by atoms with Crippen LogP contribution in [0, 0.1) is 6.92 Å². The summed E-state index contributed by atoms with van der Waals surface area (Å²) in [4.78, 5) is 2.29. The lowest BCUT2D eigenvalue weighted by Crippen LogP contribution is -2.17. The number of ether oxygens (including phenoxy) is 1. The molecule has 0 saturated carbocycles. The van der Waals surface area contributed by atoms with Crippen LogP contribution in [0.3, 0.4) is 0 Å². The van der Waals surface area contributed by atoms with E-state index in [0.717, 1.165) is 43.2 Å². The van der Waals surface area contributed by atoms with Gasteiger partial charge in [0.25, 0.3) is 0 Å². The van der Waals surface area contributed by atoms with Crippen LogP contribution in [0.4, 0.5) is 0 Å². The molecule has 4 nitrogen and oxygen atoms in total. The van der Waals surface area contributed by atoms with Crippen molar-refractivity contribution in [2.75, 3.05) is 13.7 Å². The highest BCUT2D eigenvalue weighted by atomic mass is 16.5. The van der Waals surface area contributed by atoms with Crippen molar-refractivity contribution in [3.63, 3.8) is 0 Å². The molecule has 0 bridgehead atoms. The first-order valence-electron chi connectivity index (χ1n) is 8.72. The molecule has 0 amide bonds. The molecule has 1 aromatic heterocycles. The number of aryl methyl sites for hydroxylation is 1. The molecule has 128 valence electrons. The van der Waals surface area contributed by atoms with Crippen molar-refractivity contribution in [1.82, 2.24) is 14.7 Å². The number of hydrogen-bond donors (Lipinski definition) is 0. The zero-order chi connectivity index (χ0) is 17.2. The van der Waals surface area contributed by atoms with Crippen LogP contribution in [0.1, 0.15) is 22.4 Å². The van der Waals surface area contributed by atoms with E-state index >= 15 is 0 Å². The largest absolute Gasteiger partial charge is 0.493 e. The molecule has 0 aliphatic carbocycles. The minimum atomic E-state index is 0.811. The molecule has 2 heterocycles. The van der Waals surface area contributed by atoms with Gasteiger partial charge in [-0.3, -0.25) is 4.90 Å². The Morgan fingerprint density at radius 2 is 1.92 bits per heavy atom. The second-order valence-corrected chi connectivity index (χ2v) is 6.80. The molecule has 0 spiro atoms. The summed E-state index contributed by atoms with van der Waals surface area (Å²) < 4.78 is 7.52. The third kappa shape index (κ3) is 3.59. The van der Waals surface area contributed by atoms with Gasteiger partial charge in [-0.25, -0.2) is 4.68 Å². The van der Waals surface area contributed by atoms with Crippen molar-refractivity contribution in [3.8, 4) is 11.4 Å². The zero-order valence-electron chi connectivity index (χ0n) is 14.8. The first kappa shape index (κ1) is 15.9. The zero-order valence-corrected chi connectivity index (χ0v) is 14.8. The third-order valence-electron chi connectivity index (χ3n) is 4.58. The third-order valence-corrected chi connectivity index (χ3v) is 4.58. The molecule has 0 N–H and O–H groups in total. The lowest BCUT2D eigenvalue weighted by atomic mass is 10.1. The highest BCUT2D eigenvalue weighted by Gasteiger charge is 2.13. The average molecular weight is 333 g/mol. The molecule has 25 heavy (non-hydrogen) atoms. The van der Waals surface area contributed by atoms with E-state index in [1.807, 2.05) is 10.9 Å². The maximum atomic E-state index is 5.58. The van der Waals surface area contributed by atoms with E-state index in [0.29, 0.717) is 0 Å². The summed E-state index contributed by atoms with van der Waals surface area (Å²) in [6, 6.07) is 17.0. The van der Waals surface area contributed by atoms with Crippen LogP contribution in [0.15, 0.2) is 54.7 Å². The van der Waals surface area contributed by atoms with Crippen molar-refractivity contribution in [1.29, 1.82) is 0 Å². The van der Waals surface area contributed by atoms with Gasteiger partial charge in [-0.05, 0) is 49.4 Å². The summed E-state index contributed by atoms with van der Waals surface area (Å²) >= 11 is 0. The van der Waals surface area contributed by atoms with E-state index in [4.69, 9.17) is 9.84 Å². The maximum absolute atomic E-state index is 5.58. The molecule has 2 aromatic carbocycles. The number of rotatable bonds is 5. The molecule has 0 fully saturated rings. The summed E-state index contributed by atoms with van der Waals surface area (Å²) in [6.07, 6.45) is 3.05. The van der Waals surface area contributed by atoms with Gasteiger partial charge in [0.2, 0.25) is 0 Å². The van der Waals surface area contributed by atoms with Crippen molar-refractivity contribution in [3.05, 3.63) is 77.1 Å². The molecule has 0 unspecified atom stereocenters. The molecule has 4 heteroatoms. The van der Waals surface area contributed by atoms with Gasteiger partial charge in [-0.2, -0.15) is 5.10 Å². The van der Waals surface area contributed by atoms with Crippen LogP contribution < -0.4 is 4.74 Å². The van der Waals surface area contributed by atoms with Crippen molar-refractivity contribution in [2.24, 2.45) is 0 Å². The molecule has 0 atom stereocenters. The van der Waals surface area contributed by atoms with Crippen LogP contribution in [0.2, 0.25) is 0 Å². The summed E-state index contributed by atoms with van der Waals surface area (Å²) in [6.45, 7) is 4.64. The molecule has 3 aromatic rings. The Bertz CT molecular complexity index is 867. The summed E-state index contributed by atoms with van der Waals surface area (Å²) in [5, 5.41) is 4.70. The van der Waals surface area contributed by atoms with Gasteiger partial charge in [0.15, 0.2) is 0 Å². The van der Waals surface area contributed by atoms with Gasteiger partial charge in [0, 0.05) is 25.7 Å². The normalized spacial score (nSPS) is 13.1. The Hall–Kier alpha value is -2.59. The fourth-order valence-corrected chi connectivity index (χ4v) is 3.27. The predicted molar refractivity (Wildman–Crippen MR) is 99.1 cm³/mol. The summed E-state index contributed by atoms with van der Waals surface area (Å²) in [5.41, 5.74) is 6.08. The molecule has 4 rings (SSSR count). The van der Waals surface area contributed by atoms with Crippen LogP contribution in [-0.4, -0.2) is 28.3 Å². The standard InChI is InChI=1S/C21H23N3O/c1-16-3-6-20(7-4-16)24-11-9-19(22-24)15-23(2)14-17-5-8-21-18(13-17)10-12-25-21/h3-9,11,13H,10,12,14-15H2,1-2H3. The maximum Gasteiger partial charge on any atom is 0.122 e. The van der Waals surface area contributed by atoms with Crippen molar-refractivity contribution in [2.45, 2.75) is 26.4 Å². The van der Waals surface area contributed by atoms with Crippen molar-refractivity contribution >= 4 is 0 Å². The molecule has 1 aliphatic rings. The van der Waals surface area contributed by atoms with E-state index in [2.05, 4.69) is 67.4 Å². The fourth-order valence-electron chi connectivity index (χ4n) is 3.27. The van der Waals surface area contributed by atoms with Gasteiger partial charge in [-0.15, -0.1) is 0 Å². The topological polar surface area (TPSA) is 30.3 Å². The van der Waals surface area contributed by atoms with E-state index in [1.54, 1.807) is 0 Å². The highest BCUT2D eigenvalue weighted by Crippen LogP contribution is 2.26. The van der Waals surface area contributed by atoms with Gasteiger partial charge in [0.05, 0.1) is 18.0 Å². The Morgan fingerprint density at radius 1 is 1.08 bits per heavy atom. The molecular formula is C21H23N3O. The summed E-state index contributed by atoms with van der Waals surface area (Å²) in [7, 11) is 2.13. The number of nitrogens with zero attached hydrogens (tertiary/aromatic N) is 3. The second-order valence-electron chi connectivity index (χ2n) is 6.80. The first-order valence-corrected chi connectivity index (χ1v) is 8.72. The monoisotopic (exact) mass is 333 g/mol. The number of hydrogen-bond acceptors (Lipinski definition) is 3. The Labute approximate surface area is 148 Å². The number of benzene rings is 2. The Kier molecular flexibility index (Phi) is 4.28. The second kappa shape index (κ2) is 6.73. The SMILES string of the molecule is Cc1ccc(-n2ccc(CN(C)Cc3ccc4c(c3)CCO4)n2)cc1. The van der Waals surface area contributed by atoms with E-state index < -0.39 is 0 Å². The first-order chi connectivity index (χ1) is 12.2. The molecule has 0 radical (unpaired) electrons. The highest BCUT2D eigenvalue weighted by molar-refractivity contribution is 5.39. The smallest absolute Gasteiger partial charge is 0.122 e. The molecule has 1 aliphatic heterocycles. The molecular weight excluding hydrogens is 310 g/mol. The van der Waals surface area contributed by atoms with Crippen molar-refractivity contribution < 1.29 is 4.74 Å². The lowest BCUT2D eigenvalue weighted by Gasteiger charge is -2.16. The van der Waals surface area contributed by atoms with Crippen LogP contribution in [0.5, 0.6) is 5.75 Å². The number of fused-ring (bicyclic) bond motifs is 1. The molecule has 0 saturated heterocycles.